The van der Waals surface area contributed by atoms with E-state index in [1.54, 1.807) is 20.8 Å². The fourth-order valence-electron chi connectivity index (χ4n) is 2.19. The summed E-state index contributed by atoms with van der Waals surface area (Å²) in [5.74, 6) is -1.37. The summed E-state index contributed by atoms with van der Waals surface area (Å²) in [6, 6.07) is 3.26. The van der Waals surface area contributed by atoms with Gasteiger partial charge in [-0.05, 0) is 54.9 Å². The molecule has 0 aliphatic heterocycles. The van der Waals surface area contributed by atoms with Crippen LogP contribution in [0.3, 0.4) is 0 Å². The van der Waals surface area contributed by atoms with Crippen molar-refractivity contribution in [3.63, 3.8) is 0 Å². The molecule has 0 spiro atoms. The Kier molecular flexibility index (Phi) is 10.9. The van der Waals surface area contributed by atoms with Crippen LogP contribution in [0, 0.1) is 0 Å². The molecule has 0 bridgehead atoms. The van der Waals surface area contributed by atoms with Crippen molar-refractivity contribution in [1.29, 1.82) is 0 Å². The topological polar surface area (TPSA) is 129 Å². The number of methoxy groups -OCH3 is 1. The molecule has 0 aliphatic rings. The van der Waals surface area contributed by atoms with E-state index < -0.39 is 42.2 Å². The zero-order valence-electron chi connectivity index (χ0n) is 18.4. The number of rotatable bonds is 10. The van der Waals surface area contributed by atoms with Crippen LogP contribution in [-0.2, 0) is 23.7 Å². The number of carbonyl (C=O) groups excluding carboxylic acids is 4. The van der Waals surface area contributed by atoms with Crippen molar-refractivity contribution >= 4 is 45.6 Å². The van der Waals surface area contributed by atoms with Gasteiger partial charge in [-0.1, -0.05) is 6.08 Å². The zero-order chi connectivity index (χ0) is 24.3. The summed E-state index contributed by atoms with van der Waals surface area (Å²) in [6.45, 7) is 7.92. The van der Waals surface area contributed by atoms with Gasteiger partial charge in [-0.15, -0.1) is 6.58 Å². The Morgan fingerprint density at radius 1 is 1.19 bits per heavy atom. The largest absolute Gasteiger partial charge is 0.456 e. The van der Waals surface area contributed by atoms with E-state index in [0.29, 0.717) is 10.2 Å². The predicted octanol–water partition coefficient (Wildman–Crippen LogP) is 3.45. The fourth-order valence-corrected chi connectivity index (χ4v) is 2.79. The number of hydrogen-bond donors (Lipinski definition) is 2. The Morgan fingerprint density at radius 2 is 1.88 bits per heavy atom. The van der Waals surface area contributed by atoms with Crippen molar-refractivity contribution in [1.82, 2.24) is 5.32 Å². The third-order valence-electron chi connectivity index (χ3n) is 3.54. The zero-order valence-corrected chi connectivity index (χ0v) is 19.9. The first-order valence-corrected chi connectivity index (χ1v) is 10.3. The minimum atomic E-state index is -1.19. The first-order chi connectivity index (χ1) is 15.0. The van der Waals surface area contributed by atoms with Crippen LogP contribution in [-0.4, -0.2) is 62.5 Å². The normalized spacial score (nSPS) is 11.7. The van der Waals surface area contributed by atoms with Crippen molar-refractivity contribution in [2.45, 2.75) is 32.4 Å². The number of nitrogens with one attached hydrogen (secondary N) is 2. The molecule has 0 radical (unpaired) electrons. The molecule has 1 unspecified atom stereocenters. The average molecular weight is 515 g/mol. The molecule has 176 valence electrons. The summed E-state index contributed by atoms with van der Waals surface area (Å²) >= 11 is 3.24. The third-order valence-corrected chi connectivity index (χ3v) is 4.20. The fraction of sp³-hybridized carbons (Fsp3) is 0.429. The first kappa shape index (κ1) is 27.1. The first-order valence-electron chi connectivity index (χ1n) is 9.49. The second-order valence-electron chi connectivity index (χ2n) is 7.37. The Hall–Kier alpha value is -2.92. The number of amides is 2. The Balaban J connectivity index is 2.76. The number of carbonyl (C=O) groups is 4. The summed E-state index contributed by atoms with van der Waals surface area (Å²) in [4.78, 5) is 48.2. The smallest absolute Gasteiger partial charge is 0.411 e. The predicted molar refractivity (Wildman–Crippen MR) is 120 cm³/mol. The number of halogens is 1. The van der Waals surface area contributed by atoms with Crippen molar-refractivity contribution in [2.24, 2.45) is 0 Å². The number of esters is 1. The lowest BCUT2D eigenvalue weighted by atomic mass is 10.1. The molecule has 1 aromatic rings. The lowest BCUT2D eigenvalue weighted by Crippen LogP contribution is -2.47. The van der Waals surface area contributed by atoms with Gasteiger partial charge in [0.2, 0.25) is 5.78 Å². The van der Waals surface area contributed by atoms with Gasteiger partial charge < -0.3 is 24.3 Å². The van der Waals surface area contributed by atoms with Crippen LogP contribution in [0.15, 0.2) is 35.3 Å². The monoisotopic (exact) mass is 514 g/mol. The maximum absolute atomic E-state index is 12.5. The van der Waals surface area contributed by atoms with Gasteiger partial charge in [0.1, 0.15) is 5.60 Å². The van der Waals surface area contributed by atoms with Gasteiger partial charge in [0.15, 0.2) is 12.6 Å². The van der Waals surface area contributed by atoms with Crippen molar-refractivity contribution in [3.8, 4) is 0 Å². The molecular formula is C21H27BrN2O8. The van der Waals surface area contributed by atoms with Crippen LogP contribution >= 0.6 is 15.9 Å². The molecule has 11 heteroatoms. The molecule has 10 nitrogen and oxygen atoms in total. The SMILES string of the molecule is C=CCOCC(NC(=O)OC(C)(C)C)C(=O)OCC(=O)c1ccc(NC(=O)OC)cc1Br. The molecule has 1 aromatic carbocycles. The van der Waals surface area contributed by atoms with Gasteiger partial charge in [-0.2, -0.15) is 0 Å². The Bertz CT molecular complexity index is 851. The standard InChI is InChI=1S/C21H27BrN2O8/c1-6-9-30-11-16(24-20(28)32-21(2,3)4)18(26)31-12-17(25)14-8-7-13(10-15(14)22)23-19(27)29-5/h6-8,10,16H,1,9,11-12H2,2-5H3,(H,23,27)(H,24,28). The number of Topliss-reactive ketones (excluding diaryl/α,β-unsaturated/α-hetero) is 1. The number of ether oxygens (including phenoxy) is 4. The molecule has 0 aliphatic carbocycles. The minimum Gasteiger partial charge on any atom is -0.456 e. The highest BCUT2D eigenvalue weighted by Gasteiger charge is 2.26. The number of anilines is 1. The van der Waals surface area contributed by atoms with E-state index >= 15 is 0 Å². The molecule has 0 saturated carbocycles. The van der Waals surface area contributed by atoms with Gasteiger partial charge in [-0.3, -0.25) is 10.1 Å². The van der Waals surface area contributed by atoms with E-state index in [1.165, 1.54) is 31.4 Å². The van der Waals surface area contributed by atoms with Crippen molar-refractivity contribution in [3.05, 3.63) is 40.9 Å². The van der Waals surface area contributed by atoms with Crippen LogP contribution in [0.4, 0.5) is 15.3 Å². The van der Waals surface area contributed by atoms with Gasteiger partial charge in [-0.25, -0.2) is 14.4 Å². The Labute approximate surface area is 194 Å². The number of ketones is 1. The van der Waals surface area contributed by atoms with E-state index in [1.807, 2.05) is 0 Å². The van der Waals surface area contributed by atoms with Gasteiger partial charge in [0.25, 0.3) is 0 Å². The van der Waals surface area contributed by atoms with E-state index in [-0.39, 0.29) is 18.8 Å². The van der Waals surface area contributed by atoms with E-state index in [9.17, 15) is 19.2 Å². The second kappa shape index (κ2) is 12.8. The minimum absolute atomic E-state index is 0.150. The van der Waals surface area contributed by atoms with Crippen LogP contribution < -0.4 is 10.6 Å². The van der Waals surface area contributed by atoms with Gasteiger partial charge >= 0.3 is 18.2 Å². The van der Waals surface area contributed by atoms with Crippen molar-refractivity contribution in [2.75, 3.05) is 32.2 Å². The molecule has 0 saturated heterocycles. The Morgan fingerprint density at radius 3 is 2.44 bits per heavy atom. The number of alkyl carbamates (subject to hydrolysis) is 1. The summed E-state index contributed by atoms with van der Waals surface area (Å²) in [6.07, 6.45) is -0.00754. The van der Waals surface area contributed by atoms with Crippen LogP contribution in [0.2, 0.25) is 0 Å². The summed E-state index contributed by atoms with van der Waals surface area (Å²) < 4.78 is 20.3. The number of benzene rings is 1. The molecule has 1 rings (SSSR count). The molecule has 0 fully saturated rings. The lowest BCUT2D eigenvalue weighted by molar-refractivity contribution is -0.146. The third kappa shape index (κ3) is 9.92. The second-order valence-corrected chi connectivity index (χ2v) is 8.22. The highest BCUT2D eigenvalue weighted by Crippen LogP contribution is 2.22. The highest BCUT2D eigenvalue weighted by atomic mass is 79.9. The molecule has 1 atom stereocenters. The van der Waals surface area contributed by atoms with Gasteiger partial charge in [0, 0.05) is 15.7 Å². The molecule has 0 aromatic heterocycles. The van der Waals surface area contributed by atoms with E-state index in [0.717, 1.165) is 0 Å². The van der Waals surface area contributed by atoms with Crippen molar-refractivity contribution < 1.29 is 38.1 Å². The molecule has 32 heavy (non-hydrogen) atoms. The van der Waals surface area contributed by atoms with E-state index in [4.69, 9.17) is 14.2 Å². The van der Waals surface area contributed by atoms with Crippen LogP contribution in [0.25, 0.3) is 0 Å². The maximum atomic E-state index is 12.5. The maximum Gasteiger partial charge on any atom is 0.411 e. The van der Waals surface area contributed by atoms with Crippen LogP contribution in [0.1, 0.15) is 31.1 Å². The average Bonchev–Trinajstić information content (AvgIpc) is 2.69. The quantitative estimate of drug-likeness (QED) is 0.159. The van der Waals surface area contributed by atoms with E-state index in [2.05, 4.69) is 37.9 Å². The molecule has 2 amide bonds. The number of hydrogen-bond acceptors (Lipinski definition) is 8. The highest BCUT2D eigenvalue weighted by molar-refractivity contribution is 9.10. The lowest BCUT2D eigenvalue weighted by Gasteiger charge is -2.22. The van der Waals surface area contributed by atoms with Crippen LogP contribution in [0.5, 0.6) is 0 Å². The molecule has 2 N–H and O–H groups in total. The molecular weight excluding hydrogens is 488 g/mol. The summed E-state index contributed by atoms with van der Waals surface area (Å²) in [5.41, 5.74) is -0.136. The molecule has 0 heterocycles. The summed E-state index contributed by atoms with van der Waals surface area (Å²) in [5, 5.41) is 4.83. The summed E-state index contributed by atoms with van der Waals surface area (Å²) in [7, 11) is 1.23. The van der Waals surface area contributed by atoms with Gasteiger partial charge in [0.05, 0.1) is 20.3 Å².